The summed E-state index contributed by atoms with van der Waals surface area (Å²) in [6, 6.07) is 7.10. The first-order chi connectivity index (χ1) is 11.0. The normalized spacial score (nSPS) is 24.6. The summed E-state index contributed by atoms with van der Waals surface area (Å²) in [5.74, 6) is 0.804. The first-order valence-corrected chi connectivity index (χ1v) is 9.62. The summed E-state index contributed by atoms with van der Waals surface area (Å²) in [4.78, 5) is 17.4. The standard InChI is InChI=1S/C16H19N3O3S/c1-2-23(21,22)19-11-7-8-12(19)10-18-15(9-11)17-14-6-4-3-5-13(14)16(18)20/h3-6,11-12H,2,7-10H2,1H3. The van der Waals surface area contributed by atoms with Gasteiger partial charge in [-0.05, 0) is 31.9 Å². The highest BCUT2D eigenvalue weighted by Crippen LogP contribution is 2.33. The van der Waals surface area contributed by atoms with E-state index in [1.165, 1.54) is 0 Å². The molecule has 2 aliphatic rings. The Hall–Kier alpha value is -1.73. The molecule has 23 heavy (non-hydrogen) atoms. The molecule has 1 aromatic heterocycles. The van der Waals surface area contributed by atoms with Crippen LogP contribution in [0.1, 0.15) is 25.6 Å². The summed E-state index contributed by atoms with van der Waals surface area (Å²) < 4.78 is 28.2. The molecule has 0 aliphatic carbocycles. The molecule has 0 N–H and O–H groups in total. The molecule has 6 nitrogen and oxygen atoms in total. The largest absolute Gasteiger partial charge is 0.294 e. The third kappa shape index (κ3) is 2.21. The van der Waals surface area contributed by atoms with Crippen molar-refractivity contribution in [3.8, 4) is 0 Å². The van der Waals surface area contributed by atoms with E-state index in [1.54, 1.807) is 21.9 Å². The third-order valence-corrected chi connectivity index (χ3v) is 6.96. The van der Waals surface area contributed by atoms with E-state index in [0.717, 1.165) is 12.8 Å². The van der Waals surface area contributed by atoms with E-state index in [4.69, 9.17) is 0 Å². The second kappa shape index (κ2) is 5.14. The van der Waals surface area contributed by atoms with Crippen molar-refractivity contribution in [3.63, 3.8) is 0 Å². The van der Waals surface area contributed by atoms with E-state index in [0.29, 0.717) is 29.7 Å². The predicted molar refractivity (Wildman–Crippen MR) is 87.8 cm³/mol. The van der Waals surface area contributed by atoms with Crippen molar-refractivity contribution in [2.45, 2.75) is 44.8 Å². The molecule has 2 aliphatic heterocycles. The second-order valence-corrected chi connectivity index (χ2v) is 8.44. The van der Waals surface area contributed by atoms with Gasteiger partial charge in [0.2, 0.25) is 10.0 Å². The van der Waals surface area contributed by atoms with Crippen molar-refractivity contribution in [2.24, 2.45) is 0 Å². The Labute approximate surface area is 134 Å². The second-order valence-electron chi connectivity index (χ2n) is 6.28. The quantitative estimate of drug-likeness (QED) is 0.826. The van der Waals surface area contributed by atoms with Gasteiger partial charge in [0, 0.05) is 25.0 Å². The monoisotopic (exact) mass is 333 g/mol. The summed E-state index contributed by atoms with van der Waals surface area (Å²) in [7, 11) is -3.27. The van der Waals surface area contributed by atoms with Crippen LogP contribution >= 0.6 is 0 Å². The third-order valence-electron chi connectivity index (χ3n) is 4.99. The molecule has 122 valence electrons. The van der Waals surface area contributed by atoms with Crippen molar-refractivity contribution in [3.05, 3.63) is 40.4 Å². The zero-order valence-electron chi connectivity index (χ0n) is 13.0. The van der Waals surface area contributed by atoms with Gasteiger partial charge in [-0.2, -0.15) is 4.31 Å². The lowest BCUT2D eigenvalue weighted by Crippen LogP contribution is -2.43. The number of benzene rings is 1. The molecule has 2 bridgehead atoms. The van der Waals surface area contributed by atoms with Crippen molar-refractivity contribution in [1.82, 2.24) is 13.9 Å². The molecule has 1 saturated heterocycles. The van der Waals surface area contributed by atoms with Crippen LogP contribution in [0.4, 0.5) is 0 Å². The van der Waals surface area contributed by atoms with E-state index < -0.39 is 10.0 Å². The topological polar surface area (TPSA) is 72.3 Å². The average Bonchev–Trinajstić information content (AvgIpc) is 2.85. The molecule has 0 saturated carbocycles. The fourth-order valence-electron chi connectivity index (χ4n) is 3.88. The minimum atomic E-state index is -3.27. The van der Waals surface area contributed by atoms with E-state index in [-0.39, 0.29) is 23.4 Å². The summed E-state index contributed by atoms with van der Waals surface area (Å²) in [5.41, 5.74) is 0.624. The van der Waals surface area contributed by atoms with Crippen LogP contribution in [0.2, 0.25) is 0 Å². The summed E-state index contributed by atoms with van der Waals surface area (Å²) >= 11 is 0. The highest BCUT2D eigenvalue weighted by atomic mass is 32.2. The van der Waals surface area contributed by atoms with E-state index in [9.17, 15) is 13.2 Å². The Morgan fingerprint density at radius 3 is 2.74 bits per heavy atom. The van der Waals surface area contributed by atoms with Crippen LogP contribution in [0.15, 0.2) is 29.1 Å². The van der Waals surface area contributed by atoms with E-state index >= 15 is 0 Å². The maximum absolute atomic E-state index is 12.8. The molecule has 7 heteroatoms. The molecule has 2 aromatic rings. The van der Waals surface area contributed by atoms with Gasteiger partial charge >= 0.3 is 0 Å². The van der Waals surface area contributed by atoms with E-state index in [2.05, 4.69) is 4.98 Å². The lowest BCUT2D eigenvalue weighted by Gasteiger charge is -2.26. The van der Waals surface area contributed by atoms with Crippen LogP contribution < -0.4 is 5.56 Å². The Balaban J connectivity index is 1.88. The number of hydrogen-bond acceptors (Lipinski definition) is 4. The molecule has 1 fully saturated rings. The number of fused-ring (bicyclic) bond motifs is 4. The number of aromatic nitrogens is 2. The van der Waals surface area contributed by atoms with Crippen LogP contribution in [0, 0.1) is 0 Å². The number of para-hydroxylation sites is 1. The highest BCUT2D eigenvalue weighted by Gasteiger charge is 2.43. The van der Waals surface area contributed by atoms with Gasteiger partial charge in [0.05, 0.1) is 16.7 Å². The van der Waals surface area contributed by atoms with Gasteiger partial charge in [0.15, 0.2) is 0 Å². The minimum Gasteiger partial charge on any atom is -0.294 e. The maximum atomic E-state index is 12.8. The highest BCUT2D eigenvalue weighted by molar-refractivity contribution is 7.89. The fraction of sp³-hybridized carbons (Fsp3) is 0.500. The van der Waals surface area contributed by atoms with Crippen LogP contribution in [-0.2, 0) is 23.0 Å². The number of rotatable bonds is 2. The first kappa shape index (κ1) is 14.8. The summed E-state index contributed by atoms with van der Waals surface area (Å²) in [6.45, 7) is 2.08. The summed E-state index contributed by atoms with van der Waals surface area (Å²) in [6.07, 6.45) is 2.16. The molecule has 0 radical (unpaired) electrons. The Bertz CT molecular complexity index is 935. The Morgan fingerprint density at radius 2 is 1.96 bits per heavy atom. The molecule has 4 rings (SSSR count). The molecular formula is C16H19N3O3S. The number of nitrogens with zero attached hydrogens (tertiary/aromatic N) is 3. The first-order valence-electron chi connectivity index (χ1n) is 8.01. The van der Waals surface area contributed by atoms with Crippen molar-refractivity contribution < 1.29 is 8.42 Å². The molecule has 0 spiro atoms. The molecular weight excluding hydrogens is 314 g/mol. The lowest BCUT2D eigenvalue weighted by molar-refractivity contribution is 0.316. The lowest BCUT2D eigenvalue weighted by atomic mass is 10.1. The molecule has 0 amide bonds. The SMILES string of the molecule is CCS(=O)(=O)N1C2CCC1Cn1c(nc3ccccc3c1=O)C2. The molecule has 1 aromatic carbocycles. The fourth-order valence-corrected chi connectivity index (χ4v) is 5.44. The van der Waals surface area contributed by atoms with Crippen molar-refractivity contribution in [2.75, 3.05) is 5.75 Å². The van der Waals surface area contributed by atoms with Crippen LogP contribution in [-0.4, -0.2) is 40.1 Å². The van der Waals surface area contributed by atoms with Crippen LogP contribution in [0.25, 0.3) is 10.9 Å². The maximum Gasteiger partial charge on any atom is 0.261 e. The van der Waals surface area contributed by atoms with Crippen molar-refractivity contribution >= 4 is 20.9 Å². The molecule has 2 unspecified atom stereocenters. The Kier molecular flexibility index (Phi) is 3.32. The average molecular weight is 333 g/mol. The van der Waals surface area contributed by atoms with Crippen molar-refractivity contribution in [1.29, 1.82) is 0 Å². The zero-order valence-corrected chi connectivity index (χ0v) is 13.8. The van der Waals surface area contributed by atoms with Gasteiger partial charge in [-0.1, -0.05) is 12.1 Å². The zero-order chi connectivity index (χ0) is 16.2. The molecule has 2 atom stereocenters. The smallest absolute Gasteiger partial charge is 0.261 e. The van der Waals surface area contributed by atoms with Crippen LogP contribution in [0.3, 0.4) is 0 Å². The van der Waals surface area contributed by atoms with Crippen LogP contribution in [0.5, 0.6) is 0 Å². The van der Waals surface area contributed by atoms with Gasteiger partial charge in [0.1, 0.15) is 5.82 Å². The number of hydrogen-bond donors (Lipinski definition) is 0. The number of sulfonamides is 1. The van der Waals surface area contributed by atoms with Gasteiger partial charge in [-0.25, -0.2) is 13.4 Å². The summed E-state index contributed by atoms with van der Waals surface area (Å²) in [5, 5.41) is 0.596. The van der Waals surface area contributed by atoms with E-state index in [1.807, 2.05) is 18.2 Å². The van der Waals surface area contributed by atoms with Gasteiger partial charge in [-0.3, -0.25) is 9.36 Å². The van der Waals surface area contributed by atoms with Gasteiger partial charge in [-0.15, -0.1) is 0 Å². The van der Waals surface area contributed by atoms with Gasteiger partial charge < -0.3 is 0 Å². The predicted octanol–water partition coefficient (Wildman–Crippen LogP) is 1.14. The Morgan fingerprint density at radius 1 is 1.22 bits per heavy atom. The minimum absolute atomic E-state index is 0.0630. The van der Waals surface area contributed by atoms with Gasteiger partial charge in [0.25, 0.3) is 5.56 Å². The molecule has 3 heterocycles.